The lowest BCUT2D eigenvalue weighted by molar-refractivity contribution is -0.123. The van der Waals surface area contributed by atoms with Crippen molar-refractivity contribution < 1.29 is 23.8 Å². The molecule has 1 fully saturated rings. The Hall–Kier alpha value is -4.34. The molecule has 1 aliphatic rings. The van der Waals surface area contributed by atoms with Gasteiger partial charge in [0.2, 0.25) is 0 Å². The van der Waals surface area contributed by atoms with Gasteiger partial charge in [0, 0.05) is 5.56 Å². The van der Waals surface area contributed by atoms with Gasteiger partial charge in [-0.15, -0.1) is 0 Å². The maximum atomic E-state index is 13.1. The Bertz CT molecular complexity index is 1610. The Morgan fingerprint density at radius 2 is 1.75 bits per heavy atom. The topological polar surface area (TPSA) is 77.1 Å². The van der Waals surface area contributed by atoms with E-state index in [1.54, 1.807) is 37.5 Å². The maximum absolute atomic E-state index is 13.1. The maximum Gasteiger partial charge on any atom is 0.285 e. The minimum Gasteiger partial charge on any atom is -0.497 e. The van der Waals surface area contributed by atoms with E-state index in [1.165, 1.54) is 0 Å². The van der Waals surface area contributed by atoms with Crippen LogP contribution in [0.3, 0.4) is 0 Å². The van der Waals surface area contributed by atoms with E-state index in [9.17, 15) is 9.59 Å². The molecule has 4 aromatic carbocycles. The van der Waals surface area contributed by atoms with Crippen LogP contribution in [-0.4, -0.2) is 34.9 Å². The summed E-state index contributed by atoms with van der Waals surface area (Å²) >= 11 is 6.48. The number of hydrogen-bond donors (Lipinski definition) is 1. The molecule has 4 aromatic rings. The summed E-state index contributed by atoms with van der Waals surface area (Å²) in [6.45, 7) is 2.73. The summed E-state index contributed by atoms with van der Waals surface area (Å²) in [5.74, 6) is 0.935. The lowest BCUT2D eigenvalue weighted by atomic mass is 10.1. The predicted molar refractivity (Wildman–Crippen MR) is 161 cm³/mol. The van der Waals surface area contributed by atoms with Crippen molar-refractivity contribution in [1.82, 2.24) is 10.4 Å². The first-order valence-corrected chi connectivity index (χ1v) is 13.8. The van der Waals surface area contributed by atoms with E-state index in [0.717, 1.165) is 38.7 Å². The number of carbonyl (C=O) groups is 2. The summed E-state index contributed by atoms with van der Waals surface area (Å²) in [6.07, 6.45) is 1.72. The Balaban J connectivity index is 1.31. The first kappa shape index (κ1) is 27.2. The average molecular weight is 571 g/mol. The van der Waals surface area contributed by atoms with Crippen molar-refractivity contribution in [2.24, 2.45) is 0 Å². The molecule has 0 aromatic heterocycles. The largest absolute Gasteiger partial charge is 0.497 e. The van der Waals surface area contributed by atoms with Gasteiger partial charge in [0.05, 0.1) is 18.6 Å². The number of amides is 2. The number of carbonyl (C=O) groups excluding carboxylic acids is 2. The number of hydrazine groups is 1. The van der Waals surface area contributed by atoms with E-state index in [2.05, 4.69) is 23.6 Å². The highest BCUT2D eigenvalue weighted by molar-refractivity contribution is 8.26. The zero-order valence-electron chi connectivity index (χ0n) is 21.9. The van der Waals surface area contributed by atoms with Crippen molar-refractivity contribution in [2.75, 3.05) is 13.7 Å². The minimum absolute atomic E-state index is 0.234. The Morgan fingerprint density at radius 1 is 0.975 bits per heavy atom. The average Bonchev–Trinajstić information content (AvgIpc) is 3.24. The van der Waals surface area contributed by atoms with Crippen molar-refractivity contribution in [3.05, 3.63) is 107 Å². The van der Waals surface area contributed by atoms with Crippen LogP contribution in [0.25, 0.3) is 16.8 Å². The second kappa shape index (κ2) is 12.2. The molecule has 40 heavy (non-hydrogen) atoms. The molecule has 0 radical (unpaired) electrons. The Kier molecular flexibility index (Phi) is 8.33. The minimum atomic E-state index is -0.452. The highest BCUT2D eigenvalue weighted by atomic mass is 32.2. The van der Waals surface area contributed by atoms with Gasteiger partial charge in [-0.25, -0.2) is 0 Å². The van der Waals surface area contributed by atoms with Crippen LogP contribution in [0.1, 0.15) is 28.4 Å². The molecule has 0 atom stereocenters. The molecule has 1 saturated heterocycles. The van der Waals surface area contributed by atoms with Gasteiger partial charge in [-0.2, -0.15) is 5.01 Å². The van der Waals surface area contributed by atoms with Crippen LogP contribution >= 0.6 is 24.0 Å². The molecular formula is C31H26N2O5S2. The predicted octanol–water partition coefficient (Wildman–Crippen LogP) is 6.37. The van der Waals surface area contributed by atoms with Crippen molar-refractivity contribution in [3.8, 4) is 17.2 Å². The molecule has 1 aliphatic heterocycles. The number of thioether (sulfide) groups is 1. The highest BCUT2D eigenvalue weighted by Crippen LogP contribution is 2.35. The van der Waals surface area contributed by atoms with E-state index in [-0.39, 0.29) is 4.32 Å². The molecule has 1 N–H and O–H groups in total. The molecule has 5 rings (SSSR count). The van der Waals surface area contributed by atoms with Crippen molar-refractivity contribution >= 4 is 57.0 Å². The first-order chi connectivity index (χ1) is 19.5. The summed E-state index contributed by atoms with van der Waals surface area (Å²) in [5, 5.41) is 3.38. The molecular weight excluding hydrogens is 544 g/mol. The molecule has 0 spiro atoms. The molecule has 0 unspecified atom stereocenters. The molecule has 1 heterocycles. The third kappa shape index (κ3) is 5.95. The number of methoxy groups -OCH3 is 1. The van der Waals surface area contributed by atoms with Crippen LogP contribution in [-0.2, 0) is 11.4 Å². The number of hydrogen-bond acceptors (Lipinski definition) is 7. The summed E-state index contributed by atoms with van der Waals surface area (Å²) in [7, 11) is 1.55. The van der Waals surface area contributed by atoms with Crippen LogP contribution in [0.4, 0.5) is 0 Å². The zero-order chi connectivity index (χ0) is 28.1. The van der Waals surface area contributed by atoms with Crippen molar-refractivity contribution in [2.45, 2.75) is 13.5 Å². The number of rotatable bonds is 9. The molecule has 9 heteroatoms. The van der Waals surface area contributed by atoms with Crippen LogP contribution in [0, 0.1) is 0 Å². The fraction of sp³-hybridized carbons (Fsp3) is 0.129. The number of nitrogens with zero attached hydrogens (tertiary/aromatic N) is 1. The van der Waals surface area contributed by atoms with Crippen molar-refractivity contribution in [1.29, 1.82) is 0 Å². The van der Waals surface area contributed by atoms with E-state index < -0.39 is 11.8 Å². The molecule has 2 amide bonds. The smallest absolute Gasteiger partial charge is 0.285 e. The van der Waals surface area contributed by atoms with Gasteiger partial charge < -0.3 is 14.2 Å². The quantitative estimate of drug-likeness (QED) is 0.185. The second-order valence-electron chi connectivity index (χ2n) is 8.75. The summed E-state index contributed by atoms with van der Waals surface area (Å²) in [5.41, 5.74) is 4.78. The fourth-order valence-corrected chi connectivity index (χ4v) is 5.38. The zero-order valence-corrected chi connectivity index (χ0v) is 23.5. The van der Waals surface area contributed by atoms with Gasteiger partial charge >= 0.3 is 0 Å². The number of ether oxygens (including phenoxy) is 3. The van der Waals surface area contributed by atoms with Crippen LogP contribution in [0.5, 0.6) is 17.2 Å². The third-order valence-electron chi connectivity index (χ3n) is 6.19. The number of thiocarbonyl (C=S) groups is 1. The Labute approximate surface area is 241 Å². The summed E-state index contributed by atoms with van der Waals surface area (Å²) < 4.78 is 17.4. The summed E-state index contributed by atoms with van der Waals surface area (Å²) in [6, 6.07) is 26.4. The van der Waals surface area contributed by atoms with Gasteiger partial charge in [0.15, 0.2) is 15.8 Å². The Morgan fingerprint density at radius 3 is 2.52 bits per heavy atom. The van der Waals surface area contributed by atoms with Crippen molar-refractivity contribution in [3.63, 3.8) is 0 Å². The number of nitrogens with one attached hydrogen (secondary N) is 1. The van der Waals surface area contributed by atoms with Gasteiger partial charge in [-0.3, -0.25) is 15.0 Å². The second-order valence-corrected chi connectivity index (χ2v) is 10.4. The van der Waals surface area contributed by atoms with Crippen LogP contribution in [0.2, 0.25) is 0 Å². The van der Waals surface area contributed by atoms with Crippen LogP contribution in [0.15, 0.2) is 89.8 Å². The van der Waals surface area contributed by atoms with Gasteiger partial charge in [0.1, 0.15) is 12.4 Å². The molecule has 7 nitrogen and oxygen atoms in total. The van der Waals surface area contributed by atoms with E-state index in [4.69, 9.17) is 26.4 Å². The monoisotopic (exact) mass is 570 g/mol. The molecule has 0 aliphatic carbocycles. The third-order valence-corrected chi connectivity index (χ3v) is 7.49. The van der Waals surface area contributed by atoms with Gasteiger partial charge in [0.25, 0.3) is 11.8 Å². The fourth-order valence-electron chi connectivity index (χ4n) is 4.20. The van der Waals surface area contributed by atoms with E-state index in [0.29, 0.717) is 40.9 Å². The lowest BCUT2D eigenvalue weighted by Gasteiger charge is -2.15. The van der Waals surface area contributed by atoms with E-state index in [1.807, 2.05) is 49.4 Å². The van der Waals surface area contributed by atoms with E-state index >= 15 is 0 Å². The highest BCUT2D eigenvalue weighted by Gasteiger charge is 2.34. The normalized spacial score (nSPS) is 14.1. The molecule has 0 bridgehead atoms. The summed E-state index contributed by atoms with van der Waals surface area (Å²) in [4.78, 5) is 26.2. The number of benzene rings is 4. The first-order valence-electron chi connectivity index (χ1n) is 12.6. The van der Waals surface area contributed by atoms with Crippen LogP contribution < -0.4 is 19.6 Å². The molecule has 0 saturated carbocycles. The lowest BCUT2D eigenvalue weighted by Crippen LogP contribution is -2.44. The van der Waals surface area contributed by atoms with Gasteiger partial charge in [-0.05, 0) is 83.5 Å². The van der Waals surface area contributed by atoms with Gasteiger partial charge in [-0.1, -0.05) is 60.3 Å². The SMILES string of the molecule is CCOc1cc(/C=C2/SC(=S)N(NC(=O)c3ccc(OC)cc3)C2=O)ccc1OCc1cccc2ccccc12. The number of fused-ring (bicyclic) bond motifs is 1. The standard InChI is InChI=1S/C31H26N2O5S2/c1-3-37-27-17-20(11-16-26(27)38-19-23-9-6-8-21-7-4-5-10-25(21)23)18-28-30(35)33(31(39)40-28)32-29(34)22-12-14-24(36-2)15-13-22/h4-18H,3,19H2,1-2H3,(H,32,34)/b28-18+. The molecule has 202 valence electrons.